The first kappa shape index (κ1) is 67.3. The van der Waals surface area contributed by atoms with Gasteiger partial charge in [-0.1, -0.05) is 79.5 Å². The Morgan fingerprint density at radius 1 is 0.798 bits per heavy atom. The largest absolute Gasteiger partial charge is 0.379 e. The number of benzene rings is 1. The second kappa shape index (κ2) is 32.1. The van der Waals surface area contributed by atoms with Crippen LogP contribution >= 0.6 is 0 Å². The number of ether oxygens (including phenoxy) is 2. The van der Waals surface area contributed by atoms with E-state index in [0.29, 0.717) is 89.1 Å². The summed E-state index contributed by atoms with van der Waals surface area (Å²) in [5.74, 6) is -5.01. The molecule has 6 rings (SSSR count). The van der Waals surface area contributed by atoms with Gasteiger partial charge in [-0.2, -0.15) is 0 Å². The van der Waals surface area contributed by atoms with E-state index in [2.05, 4.69) is 34.8 Å². The average Bonchev–Trinajstić information content (AvgIpc) is 3.83. The number of likely N-dealkylation sites (N-methyl/N-ethyl adjacent to an activating group) is 2. The van der Waals surface area contributed by atoms with Crippen LogP contribution in [0.15, 0.2) is 30.5 Å². The number of nitrogens with zero attached hydrogens (tertiary/aromatic N) is 5. The number of H-pyrrole nitrogens is 1. The van der Waals surface area contributed by atoms with Crippen molar-refractivity contribution in [3.05, 3.63) is 36.0 Å². The standard InChI is InChI=1S/C62H97N9O13/c1-12-40(6)56(49(81-10)36-53(75)69-32-20-23-48(69)57(82-11)41(7)58(76)65-47(61(79)70-33-18-19-34-83-70)35-43-37-63-46-22-16-15-21-45(43)46)68(9)55(39(4)5)60(78)66-59(77)54(38(2)3)67(8)31-17-13-14-24-50(72)64-44-27-25-42(26-28-44)62(80)84-71-51(73)29-30-52(71)74/h15-16,21-22,37-42,44,47-49,54-57,63H,12-14,17-20,23-36H2,1-11H3,(H,64,72)(H,65,76)(H,66,77,78)/t40-,41+,42?,44?,47-,48-,49+,54-,55-,56-,57+/m0/s1. The molecule has 4 aliphatic rings. The Hall–Kier alpha value is -5.81. The minimum atomic E-state index is -0.919. The van der Waals surface area contributed by atoms with Crippen LogP contribution in [0.1, 0.15) is 157 Å². The van der Waals surface area contributed by atoms with Crippen LogP contribution in [0.5, 0.6) is 0 Å². The maximum atomic E-state index is 14.7. The monoisotopic (exact) mass is 1180 g/mol. The Morgan fingerprint density at radius 3 is 2.11 bits per heavy atom. The molecular weight excluding hydrogens is 1080 g/mol. The van der Waals surface area contributed by atoms with E-state index in [-0.39, 0.29) is 73.1 Å². The first-order valence-corrected chi connectivity index (χ1v) is 30.9. The van der Waals surface area contributed by atoms with Crippen LogP contribution < -0.4 is 16.0 Å². The summed E-state index contributed by atoms with van der Waals surface area (Å²) in [7, 11) is 6.85. The smallest absolute Gasteiger partial charge is 0.336 e. The van der Waals surface area contributed by atoms with Gasteiger partial charge in [-0.05, 0) is 114 Å². The first-order chi connectivity index (χ1) is 40.1. The van der Waals surface area contributed by atoms with E-state index in [1.807, 2.05) is 82.1 Å². The number of amides is 8. The molecule has 2 aromatic rings. The Labute approximate surface area is 496 Å². The van der Waals surface area contributed by atoms with Crippen molar-refractivity contribution in [2.75, 3.05) is 54.6 Å². The van der Waals surface area contributed by atoms with Crippen molar-refractivity contribution in [2.24, 2.45) is 29.6 Å². The summed E-state index contributed by atoms with van der Waals surface area (Å²) in [4.78, 5) is 141. The van der Waals surface area contributed by atoms with Gasteiger partial charge in [0.2, 0.25) is 29.5 Å². The summed E-state index contributed by atoms with van der Waals surface area (Å²) in [5.41, 5.74) is 1.81. The molecule has 4 N–H and O–H groups in total. The molecule has 8 amide bonds. The van der Waals surface area contributed by atoms with Gasteiger partial charge in [0, 0.05) is 82.2 Å². The number of carbonyl (C=O) groups excluding carboxylic acids is 9. The van der Waals surface area contributed by atoms with Gasteiger partial charge in [-0.15, -0.1) is 5.06 Å². The van der Waals surface area contributed by atoms with Crippen molar-refractivity contribution in [1.82, 2.24) is 45.8 Å². The summed E-state index contributed by atoms with van der Waals surface area (Å²) >= 11 is 0. The lowest BCUT2D eigenvalue weighted by Gasteiger charge is -2.43. The number of hydrogen-bond acceptors (Lipinski definition) is 15. The number of carbonyl (C=O) groups is 9. The Morgan fingerprint density at radius 2 is 1.48 bits per heavy atom. The van der Waals surface area contributed by atoms with Crippen molar-refractivity contribution < 1.29 is 62.3 Å². The molecular formula is C62H97N9O13. The highest BCUT2D eigenvalue weighted by Gasteiger charge is 2.45. The molecule has 0 bridgehead atoms. The molecule has 0 spiro atoms. The third kappa shape index (κ3) is 17.4. The number of hydrogen-bond donors (Lipinski definition) is 4. The fourth-order valence-corrected chi connectivity index (χ4v) is 13.1. The van der Waals surface area contributed by atoms with Crippen molar-refractivity contribution in [1.29, 1.82) is 0 Å². The number of fused-ring (bicyclic) bond motifs is 1. The molecule has 22 nitrogen and oxygen atoms in total. The zero-order valence-electron chi connectivity index (χ0n) is 51.8. The molecule has 1 aliphatic carbocycles. The Kier molecular flexibility index (Phi) is 25.7. The highest BCUT2D eigenvalue weighted by atomic mass is 16.7. The molecule has 3 saturated heterocycles. The maximum absolute atomic E-state index is 14.7. The lowest BCUT2D eigenvalue weighted by molar-refractivity contribution is -0.201. The molecule has 0 unspecified atom stereocenters. The lowest BCUT2D eigenvalue weighted by Crippen LogP contribution is -2.60. The van der Waals surface area contributed by atoms with Gasteiger partial charge in [0.1, 0.15) is 6.04 Å². The van der Waals surface area contributed by atoms with Crippen LogP contribution in [0, 0.1) is 29.6 Å². The number of unbranched alkanes of at least 4 members (excludes halogenated alkanes) is 2. The SMILES string of the molecule is CC[C@H](C)[C@@H]([C@@H](CC(=O)N1CCC[C@H]1[C@H](OC)[C@@H](C)C(=O)N[C@@H](Cc1c[nH]c2ccccc12)C(=O)N1CCCCO1)OC)N(C)[C@H](C(=O)NC(=O)[C@H](C(C)C)N(C)CCCCCC(=O)NC1CCC(C(=O)ON2C(=O)CCC2=O)CC1)C(C)C. The van der Waals surface area contributed by atoms with E-state index in [4.69, 9.17) is 19.1 Å². The van der Waals surface area contributed by atoms with E-state index in [0.717, 1.165) is 42.1 Å². The van der Waals surface area contributed by atoms with Crippen LogP contribution in [-0.4, -0.2) is 186 Å². The van der Waals surface area contributed by atoms with E-state index in [1.54, 1.807) is 26.0 Å². The molecule has 1 aromatic carbocycles. The minimum absolute atomic E-state index is 0.00685. The van der Waals surface area contributed by atoms with Crippen LogP contribution in [0.3, 0.4) is 0 Å². The molecule has 1 saturated carbocycles. The van der Waals surface area contributed by atoms with Crippen molar-refractivity contribution in [3.8, 4) is 0 Å². The predicted octanol–water partition coefficient (Wildman–Crippen LogP) is 5.61. The summed E-state index contributed by atoms with van der Waals surface area (Å²) in [6, 6.07) is 4.58. The Bertz CT molecular complexity index is 2550. The van der Waals surface area contributed by atoms with Crippen molar-refractivity contribution in [3.63, 3.8) is 0 Å². The summed E-state index contributed by atoms with van der Waals surface area (Å²) in [6.45, 7) is 15.5. The summed E-state index contributed by atoms with van der Waals surface area (Å²) < 4.78 is 12.3. The number of imide groups is 2. The third-order valence-electron chi connectivity index (χ3n) is 17.9. The zero-order valence-corrected chi connectivity index (χ0v) is 51.8. The van der Waals surface area contributed by atoms with E-state index in [9.17, 15) is 43.2 Å². The van der Waals surface area contributed by atoms with Crippen LogP contribution in [0.25, 0.3) is 10.9 Å². The minimum Gasteiger partial charge on any atom is -0.379 e. The van der Waals surface area contributed by atoms with Crippen LogP contribution in [0.4, 0.5) is 0 Å². The fourth-order valence-electron chi connectivity index (χ4n) is 13.1. The highest BCUT2D eigenvalue weighted by Crippen LogP contribution is 2.32. The van der Waals surface area contributed by atoms with E-state index >= 15 is 0 Å². The van der Waals surface area contributed by atoms with Gasteiger partial charge in [0.05, 0.1) is 55.2 Å². The Balaban J connectivity index is 1.01. The number of aromatic nitrogens is 1. The van der Waals surface area contributed by atoms with Crippen molar-refractivity contribution >= 4 is 64.1 Å². The molecule has 84 heavy (non-hydrogen) atoms. The normalized spacial score (nSPS) is 21.6. The molecule has 3 aliphatic heterocycles. The number of hydroxylamine groups is 4. The summed E-state index contributed by atoms with van der Waals surface area (Å²) in [6.07, 6.45) is 9.04. The predicted molar refractivity (Wildman–Crippen MR) is 315 cm³/mol. The van der Waals surface area contributed by atoms with Crippen molar-refractivity contribution in [2.45, 2.75) is 206 Å². The molecule has 4 heterocycles. The topological polar surface area (TPSA) is 259 Å². The maximum Gasteiger partial charge on any atom is 0.336 e. The molecule has 22 heteroatoms. The van der Waals surface area contributed by atoms with Gasteiger partial charge in [-0.3, -0.25) is 58.3 Å². The average molecular weight is 1180 g/mol. The van der Waals surface area contributed by atoms with Gasteiger partial charge in [0.25, 0.3) is 17.7 Å². The molecule has 1 aromatic heterocycles. The van der Waals surface area contributed by atoms with Gasteiger partial charge >= 0.3 is 5.97 Å². The first-order valence-electron chi connectivity index (χ1n) is 30.9. The second-order valence-corrected chi connectivity index (χ2v) is 24.5. The quantitative estimate of drug-likeness (QED) is 0.0548. The fraction of sp³-hybridized carbons (Fsp3) is 0.726. The number of likely N-dealkylation sites (tertiary alicyclic amines) is 1. The molecule has 468 valence electrons. The van der Waals surface area contributed by atoms with Gasteiger partial charge in [0.15, 0.2) is 0 Å². The molecule has 4 fully saturated rings. The van der Waals surface area contributed by atoms with E-state index in [1.165, 1.54) is 5.06 Å². The third-order valence-corrected chi connectivity index (χ3v) is 17.9. The summed E-state index contributed by atoms with van der Waals surface area (Å²) in [5, 5.41) is 11.8. The van der Waals surface area contributed by atoms with Gasteiger partial charge < -0.3 is 34.8 Å². The van der Waals surface area contributed by atoms with E-state index < -0.39 is 83.9 Å². The van der Waals surface area contributed by atoms with Crippen LogP contribution in [0.2, 0.25) is 0 Å². The number of aromatic amines is 1. The van der Waals surface area contributed by atoms with Crippen LogP contribution in [-0.2, 0) is 68.7 Å². The molecule has 9 atom stereocenters. The zero-order chi connectivity index (χ0) is 61.4. The lowest BCUT2D eigenvalue weighted by atomic mass is 9.86. The number of rotatable bonds is 30. The number of methoxy groups -OCH3 is 2. The highest BCUT2D eigenvalue weighted by molar-refractivity contribution is 6.02. The molecule has 0 radical (unpaired) electrons. The second-order valence-electron chi connectivity index (χ2n) is 24.5. The number of nitrogens with one attached hydrogen (secondary N) is 4. The number of para-hydroxylation sites is 1. The van der Waals surface area contributed by atoms with Gasteiger partial charge in [-0.25, -0.2) is 9.86 Å².